The minimum atomic E-state index is -0.181. The Balaban J connectivity index is 0.00000128. The van der Waals surface area contributed by atoms with Gasteiger partial charge in [-0.3, -0.25) is 0 Å². The monoisotopic (exact) mass is 221 g/mol. The fraction of sp³-hybridized carbons (Fsp3) is 0.538. The molecule has 0 saturated heterocycles. The molecule has 1 aromatic carbocycles. The maximum atomic E-state index is 6.41. The summed E-state index contributed by atoms with van der Waals surface area (Å²) in [4.78, 5) is 0. The Labute approximate surface area is 97.8 Å². The van der Waals surface area contributed by atoms with Crippen LogP contribution in [0.2, 0.25) is 0 Å². The topological polar surface area (TPSA) is 87.0 Å². The average molecular weight is 221 g/mol. The molecule has 16 heavy (non-hydrogen) atoms. The highest BCUT2D eigenvalue weighted by molar-refractivity contribution is 5.22. The molecule has 1 unspecified atom stereocenters. The van der Waals surface area contributed by atoms with Crippen LogP contribution < -0.4 is 17.6 Å². The van der Waals surface area contributed by atoms with Crippen molar-refractivity contribution in [2.75, 3.05) is 0 Å². The van der Waals surface area contributed by atoms with Crippen molar-refractivity contribution in [3.05, 3.63) is 35.9 Å². The van der Waals surface area contributed by atoms with Crippen molar-refractivity contribution >= 4 is 0 Å². The van der Waals surface area contributed by atoms with Crippen molar-refractivity contribution in [1.82, 2.24) is 6.15 Å². The molecule has 1 fully saturated rings. The summed E-state index contributed by atoms with van der Waals surface area (Å²) >= 11 is 0. The quantitative estimate of drug-likeness (QED) is 0.717. The third kappa shape index (κ3) is 2.61. The van der Waals surface area contributed by atoms with E-state index in [-0.39, 0.29) is 17.7 Å². The second kappa shape index (κ2) is 5.43. The molecule has 0 aromatic heterocycles. The Kier molecular flexibility index (Phi) is 4.47. The highest BCUT2D eigenvalue weighted by Crippen LogP contribution is 2.34. The van der Waals surface area contributed by atoms with E-state index in [1.165, 1.54) is 24.8 Å². The normalized spacial score (nSPS) is 20.9. The van der Waals surface area contributed by atoms with Gasteiger partial charge in [-0.25, -0.2) is 0 Å². The molecule has 0 spiro atoms. The van der Waals surface area contributed by atoms with Crippen molar-refractivity contribution < 1.29 is 0 Å². The summed E-state index contributed by atoms with van der Waals surface area (Å²) in [5.41, 5.74) is 13.7. The van der Waals surface area contributed by atoms with Crippen LogP contribution in [0.15, 0.2) is 30.3 Å². The molecule has 1 aliphatic rings. The van der Waals surface area contributed by atoms with E-state index < -0.39 is 0 Å². The van der Waals surface area contributed by atoms with E-state index in [9.17, 15) is 0 Å². The van der Waals surface area contributed by atoms with Crippen molar-refractivity contribution in [1.29, 1.82) is 0 Å². The van der Waals surface area contributed by atoms with Gasteiger partial charge in [-0.1, -0.05) is 49.6 Å². The van der Waals surface area contributed by atoms with Crippen LogP contribution in [0, 0.1) is 0 Å². The van der Waals surface area contributed by atoms with Gasteiger partial charge in [0.05, 0.1) is 0 Å². The van der Waals surface area contributed by atoms with Crippen LogP contribution in [0.5, 0.6) is 0 Å². The van der Waals surface area contributed by atoms with E-state index in [2.05, 4.69) is 12.1 Å². The lowest BCUT2D eigenvalue weighted by Crippen LogP contribution is -2.50. The lowest BCUT2D eigenvalue weighted by Gasteiger charge is -2.38. The minimum absolute atomic E-state index is 0. The maximum absolute atomic E-state index is 6.41. The van der Waals surface area contributed by atoms with Crippen molar-refractivity contribution in [3.63, 3.8) is 0 Å². The first-order chi connectivity index (χ1) is 7.22. The van der Waals surface area contributed by atoms with Crippen molar-refractivity contribution in [2.24, 2.45) is 11.5 Å². The fourth-order valence-corrected chi connectivity index (χ4v) is 2.51. The van der Waals surface area contributed by atoms with E-state index in [0.29, 0.717) is 0 Å². The molecular formula is C13H23N3. The van der Waals surface area contributed by atoms with Gasteiger partial charge in [-0.05, 0) is 18.4 Å². The van der Waals surface area contributed by atoms with E-state index in [1.54, 1.807) is 0 Å². The highest BCUT2D eigenvalue weighted by Gasteiger charge is 2.34. The van der Waals surface area contributed by atoms with Gasteiger partial charge in [0.15, 0.2) is 0 Å². The first kappa shape index (κ1) is 13.2. The van der Waals surface area contributed by atoms with Crippen LogP contribution in [0.4, 0.5) is 0 Å². The summed E-state index contributed by atoms with van der Waals surface area (Å²) in [5.74, 6) is 0. The van der Waals surface area contributed by atoms with Gasteiger partial charge >= 0.3 is 0 Å². The number of hydrogen-bond donors (Lipinski definition) is 3. The molecule has 0 bridgehead atoms. The van der Waals surface area contributed by atoms with Crippen molar-refractivity contribution in [2.45, 2.75) is 43.7 Å². The van der Waals surface area contributed by atoms with Crippen LogP contribution in [0.25, 0.3) is 0 Å². The second-order valence-corrected chi connectivity index (χ2v) is 4.68. The summed E-state index contributed by atoms with van der Waals surface area (Å²) < 4.78 is 0. The van der Waals surface area contributed by atoms with Crippen LogP contribution in [-0.4, -0.2) is 5.54 Å². The largest absolute Gasteiger partial charge is 0.344 e. The van der Waals surface area contributed by atoms with Gasteiger partial charge in [0, 0.05) is 11.6 Å². The zero-order valence-electron chi connectivity index (χ0n) is 9.86. The van der Waals surface area contributed by atoms with Gasteiger partial charge in [0.1, 0.15) is 0 Å². The van der Waals surface area contributed by atoms with E-state index in [1.807, 2.05) is 18.2 Å². The predicted octanol–water partition coefficient (Wildman–Crippen LogP) is 2.51. The van der Waals surface area contributed by atoms with E-state index in [0.717, 1.165) is 12.8 Å². The first-order valence-corrected chi connectivity index (χ1v) is 5.82. The first-order valence-electron chi connectivity index (χ1n) is 5.82. The third-order valence-electron chi connectivity index (χ3n) is 3.56. The zero-order chi connectivity index (χ0) is 10.7. The Morgan fingerprint density at radius 1 is 1.00 bits per heavy atom. The molecular weight excluding hydrogens is 198 g/mol. The highest BCUT2D eigenvalue weighted by atomic mass is 14.9. The van der Waals surface area contributed by atoms with Gasteiger partial charge in [0.2, 0.25) is 0 Å². The summed E-state index contributed by atoms with van der Waals surface area (Å²) in [6.45, 7) is 0. The third-order valence-corrected chi connectivity index (χ3v) is 3.56. The van der Waals surface area contributed by atoms with Crippen LogP contribution in [-0.2, 0) is 0 Å². The molecule has 0 amide bonds. The van der Waals surface area contributed by atoms with Gasteiger partial charge < -0.3 is 17.6 Å². The average Bonchev–Trinajstić information content (AvgIpc) is 2.30. The smallest absolute Gasteiger partial charge is 0.0477 e. The lowest BCUT2D eigenvalue weighted by molar-refractivity contribution is 0.249. The zero-order valence-corrected chi connectivity index (χ0v) is 9.86. The molecule has 1 saturated carbocycles. The number of nitrogens with two attached hydrogens (primary N) is 2. The van der Waals surface area contributed by atoms with Gasteiger partial charge in [0.25, 0.3) is 0 Å². The lowest BCUT2D eigenvalue weighted by atomic mass is 9.75. The summed E-state index contributed by atoms with van der Waals surface area (Å²) in [6.07, 6.45) is 5.86. The molecule has 90 valence electrons. The fourth-order valence-electron chi connectivity index (χ4n) is 2.51. The summed E-state index contributed by atoms with van der Waals surface area (Å²) in [6, 6.07) is 10.2. The van der Waals surface area contributed by atoms with Crippen molar-refractivity contribution in [3.8, 4) is 0 Å². The molecule has 2 rings (SSSR count). The molecule has 0 radical (unpaired) electrons. The molecule has 0 aliphatic heterocycles. The number of benzene rings is 1. The van der Waals surface area contributed by atoms with Gasteiger partial charge in [-0.15, -0.1) is 0 Å². The molecule has 1 aliphatic carbocycles. The van der Waals surface area contributed by atoms with E-state index >= 15 is 0 Å². The Hall–Kier alpha value is -0.900. The van der Waals surface area contributed by atoms with Crippen LogP contribution in [0.1, 0.15) is 43.7 Å². The Bertz CT molecular complexity index is 304. The maximum Gasteiger partial charge on any atom is 0.0477 e. The molecule has 1 atom stereocenters. The molecule has 3 heteroatoms. The van der Waals surface area contributed by atoms with Crippen LogP contribution >= 0.6 is 0 Å². The number of rotatable bonds is 2. The second-order valence-electron chi connectivity index (χ2n) is 4.68. The summed E-state index contributed by atoms with van der Waals surface area (Å²) in [5, 5.41) is 0. The number of hydrogen-bond acceptors (Lipinski definition) is 3. The van der Waals surface area contributed by atoms with Crippen LogP contribution in [0.3, 0.4) is 0 Å². The minimum Gasteiger partial charge on any atom is -0.344 e. The van der Waals surface area contributed by atoms with Gasteiger partial charge in [-0.2, -0.15) is 0 Å². The Morgan fingerprint density at radius 3 is 2.12 bits per heavy atom. The predicted molar refractivity (Wildman–Crippen MR) is 68.4 cm³/mol. The summed E-state index contributed by atoms with van der Waals surface area (Å²) in [7, 11) is 0. The molecule has 1 aromatic rings. The molecule has 3 nitrogen and oxygen atoms in total. The standard InChI is InChI=1S/C13H20N2.H3N/c14-12(11-7-3-1-4-8-11)13(15)9-5-2-6-10-13;/h1,3-4,7-8,12H,2,5-6,9-10,14-15H2;1H3. The SMILES string of the molecule is N.NC(c1ccccc1)C1(N)CCCCC1. The molecule has 7 N–H and O–H groups in total. The molecule has 0 heterocycles. The Morgan fingerprint density at radius 2 is 1.56 bits per heavy atom. The van der Waals surface area contributed by atoms with E-state index in [4.69, 9.17) is 11.5 Å².